The Kier molecular flexibility index (Phi) is 2.50. The summed E-state index contributed by atoms with van der Waals surface area (Å²) in [4.78, 5) is 1.96. The Balaban J connectivity index is 1.90. The molecule has 1 nitrogen and oxygen atoms in total. The number of rotatable bonds is 2. The second-order valence-electron chi connectivity index (χ2n) is 4.42. The first-order valence-electron chi connectivity index (χ1n) is 5.14. The van der Waals surface area contributed by atoms with Crippen LogP contribution in [0.4, 0.5) is 13.2 Å². The molecule has 4 heteroatoms. The minimum atomic E-state index is -3.99. The molecule has 0 spiro atoms. The van der Waals surface area contributed by atoms with E-state index < -0.39 is 11.6 Å². The van der Waals surface area contributed by atoms with Gasteiger partial charge >= 0.3 is 6.18 Å². The number of likely N-dealkylation sites (tertiary alicyclic amines) is 1. The number of piperidine rings is 1. The van der Waals surface area contributed by atoms with E-state index in [0.717, 1.165) is 25.9 Å². The van der Waals surface area contributed by atoms with Gasteiger partial charge in [0.2, 0.25) is 0 Å². The van der Waals surface area contributed by atoms with Gasteiger partial charge in [-0.1, -0.05) is 0 Å². The fourth-order valence-electron chi connectivity index (χ4n) is 2.07. The summed E-state index contributed by atoms with van der Waals surface area (Å²) in [5, 5.41) is 0. The van der Waals surface area contributed by atoms with Crippen molar-refractivity contribution in [2.45, 2.75) is 31.9 Å². The molecule has 0 aromatic carbocycles. The molecular formula is C10H15F3N. The minimum Gasteiger partial charge on any atom is -0.302 e. The minimum absolute atomic E-state index is 0.227. The van der Waals surface area contributed by atoms with Crippen molar-refractivity contribution < 1.29 is 13.2 Å². The van der Waals surface area contributed by atoms with Crippen molar-refractivity contribution in [1.29, 1.82) is 0 Å². The molecule has 1 saturated heterocycles. The van der Waals surface area contributed by atoms with E-state index in [4.69, 9.17) is 0 Å². The van der Waals surface area contributed by atoms with Crippen LogP contribution in [0, 0.1) is 11.8 Å². The molecule has 14 heavy (non-hydrogen) atoms. The van der Waals surface area contributed by atoms with Crippen LogP contribution in [-0.4, -0.2) is 30.7 Å². The summed E-state index contributed by atoms with van der Waals surface area (Å²) in [6.45, 7) is 1.83. The van der Waals surface area contributed by atoms with Gasteiger partial charge in [0.15, 0.2) is 0 Å². The number of hydrogen-bond donors (Lipinski definition) is 0. The normalized spacial score (nSPS) is 27.6. The Hall–Kier alpha value is -0.250. The Bertz CT molecular complexity index is 202. The molecule has 2 fully saturated rings. The zero-order chi connectivity index (χ0) is 10.2. The highest BCUT2D eigenvalue weighted by molar-refractivity contribution is 5.01. The monoisotopic (exact) mass is 206 g/mol. The van der Waals surface area contributed by atoms with E-state index in [1.54, 1.807) is 0 Å². The first kappa shape index (κ1) is 10.3. The topological polar surface area (TPSA) is 3.24 Å². The van der Waals surface area contributed by atoms with Crippen molar-refractivity contribution in [2.24, 2.45) is 5.41 Å². The molecule has 2 aliphatic rings. The largest absolute Gasteiger partial charge is 0.395 e. The molecule has 0 atom stereocenters. The predicted octanol–water partition coefficient (Wildman–Crippen LogP) is 2.63. The van der Waals surface area contributed by atoms with Crippen LogP contribution in [0.25, 0.3) is 0 Å². The molecule has 1 aliphatic carbocycles. The maximum absolute atomic E-state index is 12.6. The van der Waals surface area contributed by atoms with Gasteiger partial charge in [0.1, 0.15) is 0 Å². The third kappa shape index (κ3) is 1.90. The summed E-state index contributed by atoms with van der Waals surface area (Å²) in [7, 11) is 0. The molecule has 0 aromatic rings. The molecule has 0 aromatic heterocycles. The standard InChI is InChI=1S/C10H15F3N/c11-10(12,13)9(4-5-9)8-14-6-2-1-3-7-14/h1H,2-8H2. The van der Waals surface area contributed by atoms with Crippen LogP contribution >= 0.6 is 0 Å². The fourth-order valence-corrected chi connectivity index (χ4v) is 2.07. The van der Waals surface area contributed by atoms with Crippen LogP contribution in [0.1, 0.15) is 25.7 Å². The Labute approximate surface area is 82.3 Å². The van der Waals surface area contributed by atoms with Gasteiger partial charge in [-0.05, 0) is 45.2 Å². The predicted molar refractivity (Wildman–Crippen MR) is 47.7 cm³/mol. The van der Waals surface area contributed by atoms with Crippen molar-refractivity contribution >= 4 is 0 Å². The third-order valence-electron chi connectivity index (χ3n) is 3.28. The van der Waals surface area contributed by atoms with E-state index in [1.807, 2.05) is 4.90 Å². The van der Waals surface area contributed by atoms with E-state index in [1.165, 1.54) is 0 Å². The SMILES string of the molecule is FC(F)(F)C1(CN2CC[CH]CC2)CC1. The van der Waals surface area contributed by atoms with Gasteiger partial charge in [0.05, 0.1) is 5.41 Å². The van der Waals surface area contributed by atoms with Crippen molar-refractivity contribution in [3.8, 4) is 0 Å². The van der Waals surface area contributed by atoms with E-state index >= 15 is 0 Å². The van der Waals surface area contributed by atoms with E-state index in [9.17, 15) is 13.2 Å². The number of nitrogens with zero attached hydrogens (tertiary/aromatic N) is 1. The third-order valence-corrected chi connectivity index (χ3v) is 3.28. The molecule has 1 aliphatic heterocycles. The summed E-state index contributed by atoms with van der Waals surface area (Å²) in [5.41, 5.74) is -1.34. The average molecular weight is 206 g/mol. The quantitative estimate of drug-likeness (QED) is 0.671. The van der Waals surface area contributed by atoms with E-state index in [0.29, 0.717) is 12.8 Å². The maximum Gasteiger partial charge on any atom is 0.395 e. The summed E-state index contributed by atoms with van der Waals surface area (Å²) in [5.74, 6) is 0. The van der Waals surface area contributed by atoms with Crippen molar-refractivity contribution in [3.05, 3.63) is 6.42 Å². The Morgan fingerprint density at radius 2 is 1.71 bits per heavy atom. The first-order chi connectivity index (χ1) is 6.54. The highest BCUT2D eigenvalue weighted by Gasteiger charge is 2.63. The highest BCUT2D eigenvalue weighted by Crippen LogP contribution is 2.57. The number of halogens is 3. The van der Waals surface area contributed by atoms with Gasteiger partial charge in [-0.15, -0.1) is 0 Å². The molecule has 1 saturated carbocycles. The van der Waals surface area contributed by atoms with Gasteiger partial charge in [0.25, 0.3) is 0 Å². The molecule has 81 valence electrons. The lowest BCUT2D eigenvalue weighted by Crippen LogP contribution is -2.40. The van der Waals surface area contributed by atoms with Gasteiger partial charge in [-0.25, -0.2) is 0 Å². The zero-order valence-electron chi connectivity index (χ0n) is 8.11. The van der Waals surface area contributed by atoms with Crippen LogP contribution in [0.15, 0.2) is 0 Å². The molecule has 1 radical (unpaired) electrons. The average Bonchev–Trinajstić information content (AvgIpc) is 2.86. The van der Waals surface area contributed by atoms with Crippen LogP contribution in [-0.2, 0) is 0 Å². The van der Waals surface area contributed by atoms with Gasteiger partial charge in [-0.3, -0.25) is 0 Å². The second-order valence-corrected chi connectivity index (χ2v) is 4.42. The lowest BCUT2D eigenvalue weighted by Gasteiger charge is -2.31. The van der Waals surface area contributed by atoms with Crippen molar-refractivity contribution in [2.75, 3.05) is 19.6 Å². The number of alkyl halides is 3. The zero-order valence-corrected chi connectivity index (χ0v) is 8.11. The number of hydrogen-bond acceptors (Lipinski definition) is 1. The molecule has 0 amide bonds. The second kappa shape index (κ2) is 3.40. The molecular weight excluding hydrogens is 191 g/mol. The van der Waals surface area contributed by atoms with Crippen LogP contribution in [0.3, 0.4) is 0 Å². The highest BCUT2D eigenvalue weighted by atomic mass is 19.4. The summed E-state index contributed by atoms with van der Waals surface area (Å²) in [6, 6.07) is 0. The van der Waals surface area contributed by atoms with Crippen LogP contribution < -0.4 is 0 Å². The van der Waals surface area contributed by atoms with E-state index in [2.05, 4.69) is 6.42 Å². The Morgan fingerprint density at radius 1 is 1.14 bits per heavy atom. The smallest absolute Gasteiger partial charge is 0.302 e. The van der Waals surface area contributed by atoms with Gasteiger partial charge < -0.3 is 4.90 Å². The molecule has 2 rings (SSSR count). The fraction of sp³-hybridized carbons (Fsp3) is 0.900. The molecule has 1 heterocycles. The van der Waals surface area contributed by atoms with Crippen molar-refractivity contribution in [1.82, 2.24) is 4.90 Å². The molecule has 0 N–H and O–H groups in total. The van der Waals surface area contributed by atoms with Crippen LogP contribution in [0.5, 0.6) is 0 Å². The summed E-state index contributed by atoms with van der Waals surface area (Å²) >= 11 is 0. The van der Waals surface area contributed by atoms with Gasteiger partial charge in [0, 0.05) is 6.54 Å². The lowest BCUT2D eigenvalue weighted by molar-refractivity contribution is -0.192. The summed E-state index contributed by atoms with van der Waals surface area (Å²) in [6.07, 6.45) is 0.702. The Morgan fingerprint density at radius 3 is 2.14 bits per heavy atom. The molecule has 0 unspecified atom stereocenters. The molecule has 0 bridgehead atoms. The van der Waals surface area contributed by atoms with E-state index in [-0.39, 0.29) is 6.54 Å². The van der Waals surface area contributed by atoms with Crippen LogP contribution in [0.2, 0.25) is 0 Å². The summed E-state index contributed by atoms with van der Waals surface area (Å²) < 4.78 is 37.8. The van der Waals surface area contributed by atoms with Gasteiger partial charge in [-0.2, -0.15) is 13.2 Å². The van der Waals surface area contributed by atoms with Crippen molar-refractivity contribution in [3.63, 3.8) is 0 Å². The maximum atomic E-state index is 12.6. The first-order valence-corrected chi connectivity index (χ1v) is 5.14. The lowest BCUT2D eigenvalue weighted by atomic mass is 10.0.